The first kappa shape index (κ1) is 15.0. The normalized spacial score (nSPS) is 11.1. The standard InChI is InChI=1S/C16H21FN2S/c1-12(2)18-9-14-8-15(17)4-5-16(14)19(3)10-13-6-7-20-11-13/h4-8,11-12,18H,9-10H2,1-3H3. The fourth-order valence-corrected chi connectivity index (χ4v) is 2.78. The van der Waals surface area contributed by atoms with Crippen LogP contribution < -0.4 is 10.2 Å². The molecular weight excluding hydrogens is 271 g/mol. The Morgan fingerprint density at radius 1 is 1.30 bits per heavy atom. The molecule has 0 aliphatic rings. The van der Waals surface area contributed by atoms with Crippen molar-refractivity contribution in [3.05, 3.63) is 52.0 Å². The maximum Gasteiger partial charge on any atom is 0.123 e. The van der Waals surface area contributed by atoms with Crippen molar-refractivity contribution < 1.29 is 4.39 Å². The highest BCUT2D eigenvalue weighted by atomic mass is 32.1. The van der Waals surface area contributed by atoms with Gasteiger partial charge < -0.3 is 10.2 Å². The number of hydrogen-bond acceptors (Lipinski definition) is 3. The highest BCUT2D eigenvalue weighted by Crippen LogP contribution is 2.23. The van der Waals surface area contributed by atoms with Gasteiger partial charge in [-0.05, 0) is 46.2 Å². The van der Waals surface area contributed by atoms with Gasteiger partial charge in [0, 0.05) is 31.9 Å². The summed E-state index contributed by atoms with van der Waals surface area (Å²) in [5.41, 5.74) is 3.35. The van der Waals surface area contributed by atoms with Gasteiger partial charge in [0.25, 0.3) is 0 Å². The Kier molecular flexibility index (Phi) is 5.15. The molecule has 1 N–H and O–H groups in total. The molecule has 0 aliphatic carbocycles. The minimum atomic E-state index is -0.182. The summed E-state index contributed by atoms with van der Waals surface area (Å²) in [6, 6.07) is 7.51. The van der Waals surface area contributed by atoms with Gasteiger partial charge in [0.1, 0.15) is 5.82 Å². The van der Waals surface area contributed by atoms with Crippen LogP contribution in [0.2, 0.25) is 0 Å². The minimum Gasteiger partial charge on any atom is -0.370 e. The summed E-state index contributed by atoms with van der Waals surface area (Å²) in [6.07, 6.45) is 0. The fraction of sp³-hybridized carbons (Fsp3) is 0.375. The molecule has 0 radical (unpaired) electrons. The van der Waals surface area contributed by atoms with E-state index in [1.807, 2.05) is 13.1 Å². The van der Waals surface area contributed by atoms with E-state index in [0.29, 0.717) is 12.6 Å². The predicted octanol–water partition coefficient (Wildman–Crippen LogP) is 4.02. The van der Waals surface area contributed by atoms with Crippen LogP contribution in [0.5, 0.6) is 0 Å². The molecule has 0 amide bonds. The number of hydrogen-bond donors (Lipinski definition) is 1. The molecular formula is C16H21FN2S. The Morgan fingerprint density at radius 2 is 2.10 bits per heavy atom. The third kappa shape index (κ3) is 4.05. The van der Waals surface area contributed by atoms with Crippen molar-refractivity contribution in [2.45, 2.75) is 33.0 Å². The molecule has 1 aromatic heterocycles. The molecule has 0 spiro atoms. The van der Waals surface area contributed by atoms with Crippen LogP contribution in [0.15, 0.2) is 35.0 Å². The van der Waals surface area contributed by atoms with Gasteiger partial charge in [0.15, 0.2) is 0 Å². The molecule has 0 saturated carbocycles. The second-order valence-corrected chi connectivity index (χ2v) is 6.08. The Hall–Kier alpha value is -1.39. The molecule has 1 aromatic carbocycles. The fourth-order valence-electron chi connectivity index (χ4n) is 2.12. The van der Waals surface area contributed by atoms with Gasteiger partial charge in [-0.1, -0.05) is 13.8 Å². The van der Waals surface area contributed by atoms with E-state index in [0.717, 1.165) is 17.8 Å². The smallest absolute Gasteiger partial charge is 0.123 e. The molecule has 2 aromatic rings. The SMILES string of the molecule is CC(C)NCc1cc(F)ccc1N(C)Cc1ccsc1. The van der Waals surface area contributed by atoms with E-state index in [4.69, 9.17) is 0 Å². The van der Waals surface area contributed by atoms with E-state index in [-0.39, 0.29) is 5.82 Å². The number of anilines is 1. The molecule has 4 heteroatoms. The highest BCUT2D eigenvalue weighted by Gasteiger charge is 2.10. The Balaban J connectivity index is 2.16. The van der Waals surface area contributed by atoms with Gasteiger partial charge in [-0.25, -0.2) is 4.39 Å². The second kappa shape index (κ2) is 6.86. The lowest BCUT2D eigenvalue weighted by Gasteiger charge is -2.23. The van der Waals surface area contributed by atoms with Crippen LogP contribution in [0.3, 0.4) is 0 Å². The van der Waals surface area contributed by atoms with Crippen molar-refractivity contribution in [2.24, 2.45) is 0 Å². The molecule has 20 heavy (non-hydrogen) atoms. The molecule has 0 fully saturated rings. The van der Waals surface area contributed by atoms with E-state index in [1.165, 1.54) is 11.6 Å². The quantitative estimate of drug-likeness (QED) is 0.865. The van der Waals surface area contributed by atoms with Gasteiger partial charge >= 0.3 is 0 Å². The number of nitrogens with one attached hydrogen (secondary N) is 1. The van der Waals surface area contributed by atoms with E-state index < -0.39 is 0 Å². The molecule has 0 aliphatic heterocycles. The van der Waals surface area contributed by atoms with Gasteiger partial charge in [-0.2, -0.15) is 11.3 Å². The van der Waals surface area contributed by atoms with Crippen LogP contribution in [0.1, 0.15) is 25.0 Å². The first-order valence-electron chi connectivity index (χ1n) is 6.80. The molecule has 1 heterocycles. The Morgan fingerprint density at radius 3 is 2.75 bits per heavy atom. The van der Waals surface area contributed by atoms with Crippen LogP contribution in [0, 0.1) is 5.82 Å². The van der Waals surface area contributed by atoms with E-state index in [9.17, 15) is 4.39 Å². The van der Waals surface area contributed by atoms with Crippen molar-refractivity contribution in [3.8, 4) is 0 Å². The largest absolute Gasteiger partial charge is 0.370 e. The summed E-state index contributed by atoms with van der Waals surface area (Å²) in [5.74, 6) is -0.182. The number of benzene rings is 1. The van der Waals surface area contributed by atoms with E-state index in [2.05, 4.69) is 40.9 Å². The number of thiophene rings is 1. The maximum atomic E-state index is 13.5. The third-order valence-corrected chi connectivity index (χ3v) is 3.89. The first-order valence-corrected chi connectivity index (χ1v) is 7.74. The van der Waals surface area contributed by atoms with Crippen molar-refractivity contribution >= 4 is 17.0 Å². The van der Waals surface area contributed by atoms with Gasteiger partial charge in [0.2, 0.25) is 0 Å². The van der Waals surface area contributed by atoms with Crippen molar-refractivity contribution in [2.75, 3.05) is 11.9 Å². The summed E-state index contributed by atoms with van der Waals surface area (Å²) < 4.78 is 13.5. The molecule has 0 atom stereocenters. The summed E-state index contributed by atoms with van der Waals surface area (Å²) in [5, 5.41) is 7.58. The number of rotatable bonds is 6. The highest BCUT2D eigenvalue weighted by molar-refractivity contribution is 7.07. The van der Waals surface area contributed by atoms with E-state index in [1.54, 1.807) is 17.4 Å². The summed E-state index contributed by atoms with van der Waals surface area (Å²) in [6.45, 7) is 5.70. The third-order valence-electron chi connectivity index (χ3n) is 3.15. The molecule has 0 bridgehead atoms. The first-order chi connectivity index (χ1) is 9.56. The Labute approximate surface area is 124 Å². The lowest BCUT2D eigenvalue weighted by atomic mass is 10.1. The number of halogens is 1. The average Bonchev–Trinajstić information content (AvgIpc) is 2.89. The van der Waals surface area contributed by atoms with Crippen LogP contribution in [-0.4, -0.2) is 13.1 Å². The molecule has 2 nitrogen and oxygen atoms in total. The lowest BCUT2D eigenvalue weighted by Crippen LogP contribution is -2.24. The summed E-state index contributed by atoms with van der Waals surface area (Å²) in [7, 11) is 2.05. The summed E-state index contributed by atoms with van der Waals surface area (Å²) in [4.78, 5) is 2.17. The topological polar surface area (TPSA) is 15.3 Å². The molecule has 0 unspecified atom stereocenters. The van der Waals surface area contributed by atoms with Crippen molar-refractivity contribution in [3.63, 3.8) is 0 Å². The van der Waals surface area contributed by atoms with Crippen molar-refractivity contribution in [1.29, 1.82) is 0 Å². The summed E-state index contributed by atoms with van der Waals surface area (Å²) >= 11 is 1.70. The number of nitrogens with zero attached hydrogens (tertiary/aromatic N) is 1. The zero-order chi connectivity index (χ0) is 14.5. The van der Waals surface area contributed by atoms with Crippen LogP contribution >= 0.6 is 11.3 Å². The van der Waals surface area contributed by atoms with Crippen LogP contribution in [0.25, 0.3) is 0 Å². The Bertz CT molecular complexity index is 537. The monoisotopic (exact) mass is 292 g/mol. The second-order valence-electron chi connectivity index (χ2n) is 5.30. The zero-order valence-electron chi connectivity index (χ0n) is 12.2. The van der Waals surface area contributed by atoms with Gasteiger partial charge in [-0.3, -0.25) is 0 Å². The van der Waals surface area contributed by atoms with Gasteiger partial charge in [0.05, 0.1) is 0 Å². The van der Waals surface area contributed by atoms with E-state index >= 15 is 0 Å². The maximum absolute atomic E-state index is 13.5. The van der Waals surface area contributed by atoms with Crippen LogP contribution in [-0.2, 0) is 13.1 Å². The molecule has 2 rings (SSSR count). The van der Waals surface area contributed by atoms with Crippen molar-refractivity contribution in [1.82, 2.24) is 5.32 Å². The predicted molar refractivity (Wildman–Crippen MR) is 84.8 cm³/mol. The lowest BCUT2D eigenvalue weighted by molar-refractivity contribution is 0.581. The molecule has 108 valence electrons. The van der Waals surface area contributed by atoms with Gasteiger partial charge in [-0.15, -0.1) is 0 Å². The zero-order valence-corrected chi connectivity index (χ0v) is 13.0. The average molecular weight is 292 g/mol. The minimum absolute atomic E-state index is 0.182. The van der Waals surface area contributed by atoms with Crippen LogP contribution in [0.4, 0.5) is 10.1 Å². The molecule has 0 saturated heterocycles.